The van der Waals surface area contributed by atoms with Crippen LogP contribution in [0.15, 0.2) is 60.7 Å². The molecule has 0 saturated carbocycles. The Bertz CT molecular complexity index is 942. The first-order valence-electron chi connectivity index (χ1n) is 9.70. The molecule has 0 aliphatic carbocycles. The number of H-pyrrole nitrogens is 1. The first-order chi connectivity index (χ1) is 13.6. The van der Waals surface area contributed by atoms with Gasteiger partial charge in [-0.1, -0.05) is 24.3 Å². The average molecular weight is 378 g/mol. The summed E-state index contributed by atoms with van der Waals surface area (Å²) in [5.41, 5.74) is 3.37. The number of nitrogens with one attached hydrogen (secondary N) is 1. The first kappa shape index (κ1) is 18.4. The van der Waals surface area contributed by atoms with Crippen LogP contribution in [0.3, 0.4) is 0 Å². The zero-order chi connectivity index (χ0) is 19.6. The fourth-order valence-corrected chi connectivity index (χ4v) is 4.00. The van der Waals surface area contributed by atoms with Gasteiger partial charge in [0.1, 0.15) is 24.6 Å². The van der Waals surface area contributed by atoms with Crippen molar-refractivity contribution in [3.8, 4) is 22.8 Å². The number of quaternary nitrogens is 1. The smallest absolute Gasteiger partial charge is 0.205 e. The summed E-state index contributed by atoms with van der Waals surface area (Å²) in [4.78, 5) is 6.06. The molecule has 2 aromatic carbocycles. The van der Waals surface area contributed by atoms with Crippen molar-refractivity contribution in [3.05, 3.63) is 60.7 Å². The van der Waals surface area contributed by atoms with Crippen molar-refractivity contribution in [2.24, 2.45) is 0 Å². The second kappa shape index (κ2) is 7.60. The molecule has 0 unspecified atom stereocenters. The van der Waals surface area contributed by atoms with Crippen LogP contribution in [0.2, 0.25) is 0 Å². The molecule has 5 nitrogen and oxygen atoms in total. The van der Waals surface area contributed by atoms with E-state index in [1.165, 1.54) is 11.5 Å². The van der Waals surface area contributed by atoms with Crippen LogP contribution in [-0.2, 0) is 0 Å². The molecule has 1 aromatic heterocycles. The molecule has 3 aromatic rings. The van der Waals surface area contributed by atoms with Crippen molar-refractivity contribution >= 4 is 11.5 Å². The highest BCUT2D eigenvalue weighted by molar-refractivity contribution is 5.69. The van der Waals surface area contributed by atoms with Gasteiger partial charge in [0.25, 0.3) is 0 Å². The molecule has 28 heavy (non-hydrogen) atoms. The Morgan fingerprint density at radius 3 is 2.18 bits per heavy atom. The maximum absolute atomic E-state index is 5.54. The van der Waals surface area contributed by atoms with Crippen LogP contribution in [0.1, 0.15) is 0 Å². The summed E-state index contributed by atoms with van der Waals surface area (Å²) in [6.45, 7) is 4.04. The average Bonchev–Trinajstić information content (AvgIpc) is 3.25. The number of aromatic nitrogens is 1. The van der Waals surface area contributed by atoms with Gasteiger partial charge in [-0.3, -0.25) is 4.48 Å². The molecule has 146 valence electrons. The second-order valence-corrected chi connectivity index (χ2v) is 7.46. The zero-order valence-corrected chi connectivity index (χ0v) is 16.8. The van der Waals surface area contributed by atoms with Gasteiger partial charge in [0, 0.05) is 11.6 Å². The van der Waals surface area contributed by atoms with E-state index in [2.05, 4.69) is 47.3 Å². The summed E-state index contributed by atoms with van der Waals surface area (Å²) >= 11 is 0. The highest BCUT2D eigenvalue weighted by Crippen LogP contribution is 2.34. The second-order valence-electron chi connectivity index (χ2n) is 7.46. The van der Waals surface area contributed by atoms with Gasteiger partial charge in [-0.15, -0.1) is 0 Å². The third-order valence-electron chi connectivity index (χ3n) is 5.80. The van der Waals surface area contributed by atoms with Gasteiger partial charge in [-0.25, -0.2) is 0 Å². The SMILES string of the molecule is COc1ccccc1-c1ccc([N+]2(C)CCN(c3ccccc3OC)CC2)[nH]1. The Morgan fingerprint density at radius 2 is 1.46 bits per heavy atom. The van der Waals surface area contributed by atoms with E-state index >= 15 is 0 Å². The van der Waals surface area contributed by atoms with Crippen LogP contribution in [0.5, 0.6) is 11.5 Å². The first-order valence-corrected chi connectivity index (χ1v) is 9.70. The molecule has 0 bridgehead atoms. The predicted octanol–water partition coefficient (Wildman–Crippen LogP) is 4.16. The number of hydrogen-bond donors (Lipinski definition) is 1. The summed E-state index contributed by atoms with van der Waals surface area (Å²) in [6.07, 6.45) is 0. The summed E-state index contributed by atoms with van der Waals surface area (Å²) in [5.74, 6) is 3.07. The van der Waals surface area contributed by atoms with E-state index in [0.717, 1.165) is 53.4 Å². The lowest BCUT2D eigenvalue weighted by atomic mass is 10.1. The lowest BCUT2D eigenvalue weighted by molar-refractivity contribution is 0.301. The standard InChI is InChI=1S/C23H28N3O2/c1-26(16-14-25(15-17-26)20-9-5-7-11-22(20)28-3)23-13-12-19(24-23)18-8-4-6-10-21(18)27-2/h4-13,24H,14-17H2,1-3H3/q+1. The van der Waals surface area contributed by atoms with E-state index in [0.29, 0.717) is 0 Å². The minimum absolute atomic E-state index is 0.888. The highest BCUT2D eigenvalue weighted by Gasteiger charge is 2.33. The Kier molecular flexibility index (Phi) is 5.01. The monoisotopic (exact) mass is 378 g/mol. The van der Waals surface area contributed by atoms with Gasteiger partial charge in [-0.2, -0.15) is 0 Å². The molecule has 1 aliphatic heterocycles. The molecule has 2 heterocycles. The molecule has 1 saturated heterocycles. The van der Waals surface area contributed by atoms with Gasteiger partial charge in [-0.05, 0) is 30.3 Å². The van der Waals surface area contributed by atoms with Gasteiger partial charge < -0.3 is 19.4 Å². The fraction of sp³-hybridized carbons (Fsp3) is 0.304. The van der Waals surface area contributed by atoms with E-state index in [-0.39, 0.29) is 0 Å². The maximum atomic E-state index is 5.54. The quantitative estimate of drug-likeness (QED) is 0.678. The minimum atomic E-state index is 0.888. The number of methoxy groups -OCH3 is 2. The maximum Gasteiger partial charge on any atom is 0.205 e. The van der Waals surface area contributed by atoms with E-state index in [1.807, 2.05) is 30.3 Å². The lowest BCUT2D eigenvalue weighted by Crippen LogP contribution is -2.58. The van der Waals surface area contributed by atoms with Crippen LogP contribution >= 0.6 is 0 Å². The number of piperazine rings is 1. The molecule has 1 fully saturated rings. The molecule has 1 N–H and O–H groups in total. The van der Waals surface area contributed by atoms with Crippen molar-refractivity contribution in [2.75, 3.05) is 52.3 Å². The summed E-state index contributed by atoms with van der Waals surface area (Å²) < 4.78 is 12.0. The molecule has 0 spiro atoms. The number of ether oxygens (including phenoxy) is 2. The molecule has 0 amide bonds. The van der Waals surface area contributed by atoms with Crippen molar-refractivity contribution in [1.82, 2.24) is 9.47 Å². The Balaban J connectivity index is 1.53. The molecule has 4 rings (SSSR count). The molecule has 5 heteroatoms. The van der Waals surface area contributed by atoms with Gasteiger partial charge >= 0.3 is 0 Å². The van der Waals surface area contributed by atoms with Crippen molar-refractivity contribution in [3.63, 3.8) is 0 Å². The number of hydrogen-bond acceptors (Lipinski definition) is 3. The summed E-state index contributed by atoms with van der Waals surface area (Å²) in [7, 11) is 5.76. The van der Waals surface area contributed by atoms with E-state index in [9.17, 15) is 0 Å². The third kappa shape index (κ3) is 3.34. The summed E-state index contributed by atoms with van der Waals surface area (Å²) in [6, 6.07) is 20.8. The molecule has 0 atom stereocenters. The van der Waals surface area contributed by atoms with Crippen molar-refractivity contribution in [1.29, 1.82) is 0 Å². The van der Waals surface area contributed by atoms with E-state index < -0.39 is 0 Å². The molecule has 0 radical (unpaired) electrons. The van der Waals surface area contributed by atoms with Crippen LogP contribution in [-0.4, -0.2) is 52.4 Å². The Labute approximate surface area is 166 Å². The van der Waals surface area contributed by atoms with Gasteiger partial charge in [0.2, 0.25) is 5.82 Å². The zero-order valence-electron chi connectivity index (χ0n) is 16.8. The fourth-order valence-electron chi connectivity index (χ4n) is 4.00. The topological polar surface area (TPSA) is 37.5 Å². The van der Waals surface area contributed by atoms with E-state index in [1.54, 1.807) is 14.2 Å². The Hall–Kier alpha value is -2.92. The third-order valence-corrected chi connectivity index (χ3v) is 5.80. The van der Waals surface area contributed by atoms with Crippen molar-refractivity contribution in [2.45, 2.75) is 0 Å². The van der Waals surface area contributed by atoms with Gasteiger partial charge in [0.15, 0.2) is 0 Å². The normalized spacial score (nSPS) is 16.0. The van der Waals surface area contributed by atoms with E-state index in [4.69, 9.17) is 9.47 Å². The lowest BCUT2D eigenvalue weighted by Gasteiger charge is -2.41. The number of likely N-dealkylation sites (N-methyl/N-ethyl adjacent to an activating group) is 1. The van der Waals surface area contributed by atoms with Crippen LogP contribution in [0.25, 0.3) is 11.3 Å². The number of nitrogens with zero attached hydrogens (tertiary/aromatic N) is 2. The van der Waals surface area contributed by atoms with Gasteiger partial charge in [0.05, 0.1) is 45.7 Å². The number of aromatic amines is 1. The van der Waals surface area contributed by atoms with Crippen LogP contribution in [0, 0.1) is 0 Å². The number of para-hydroxylation sites is 3. The number of anilines is 1. The Morgan fingerprint density at radius 1 is 0.821 bits per heavy atom. The predicted molar refractivity (Wildman–Crippen MR) is 115 cm³/mol. The minimum Gasteiger partial charge on any atom is -0.496 e. The molecular formula is C23H28N3O2+. The largest absolute Gasteiger partial charge is 0.496 e. The highest BCUT2D eigenvalue weighted by atomic mass is 16.5. The molecular weight excluding hydrogens is 350 g/mol. The molecule has 1 aliphatic rings. The summed E-state index contributed by atoms with van der Waals surface area (Å²) in [5, 5.41) is 0. The van der Waals surface area contributed by atoms with Crippen molar-refractivity contribution < 1.29 is 9.47 Å². The number of rotatable bonds is 5. The van der Waals surface area contributed by atoms with Crippen LogP contribution < -0.4 is 18.9 Å². The number of benzene rings is 2. The van der Waals surface area contributed by atoms with Crippen LogP contribution in [0.4, 0.5) is 11.5 Å².